The van der Waals surface area contributed by atoms with Crippen LogP contribution in [0.4, 0.5) is 4.39 Å². The highest BCUT2D eigenvalue weighted by atomic mass is 19.1. The second-order valence-electron chi connectivity index (χ2n) is 4.54. The summed E-state index contributed by atoms with van der Waals surface area (Å²) in [6, 6.07) is 11.5. The van der Waals surface area contributed by atoms with Crippen LogP contribution in [-0.4, -0.2) is 11.1 Å². The van der Waals surface area contributed by atoms with Crippen LogP contribution in [0.25, 0.3) is 0 Å². The fraction of sp³-hybridized carbons (Fsp3) is 0.188. The molecule has 3 nitrogen and oxygen atoms in total. The molecule has 2 aromatic rings. The summed E-state index contributed by atoms with van der Waals surface area (Å²) in [6.45, 7) is 2.08. The van der Waals surface area contributed by atoms with Crippen LogP contribution in [-0.2, 0) is 17.8 Å². The molecule has 0 heterocycles. The van der Waals surface area contributed by atoms with Crippen LogP contribution in [0.15, 0.2) is 42.5 Å². The van der Waals surface area contributed by atoms with Crippen LogP contribution in [0.2, 0.25) is 0 Å². The van der Waals surface area contributed by atoms with Crippen LogP contribution in [0, 0.1) is 12.7 Å². The average Bonchev–Trinajstić information content (AvgIpc) is 2.41. The molecule has 4 heteroatoms. The van der Waals surface area contributed by atoms with Crippen molar-refractivity contribution in [2.45, 2.75) is 20.0 Å². The third-order valence-electron chi connectivity index (χ3n) is 3.01. The second-order valence-corrected chi connectivity index (χ2v) is 4.54. The summed E-state index contributed by atoms with van der Waals surface area (Å²) in [5.41, 5.74) is 2.28. The Hall–Kier alpha value is -2.36. The van der Waals surface area contributed by atoms with Crippen molar-refractivity contribution in [1.82, 2.24) is 0 Å². The van der Waals surface area contributed by atoms with Crippen molar-refractivity contribution in [2.24, 2.45) is 0 Å². The summed E-state index contributed by atoms with van der Waals surface area (Å²) in [6.07, 6.45) is -0.0989. The standard InChI is InChI=1S/C16H15FO3/c1-11-6-7-14(17)8-13(11)10-20-15-5-3-2-4-12(15)9-16(18)19/h2-8H,9-10H2,1H3,(H,18,19). The molecular weight excluding hydrogens is 259 g/mol. The minimum Gasteiger partial charge on any atom is -0.489 e. The van der Waals surface area contributed by atoms with E-state index in [2.05, 4.69) is 0 Å². The number of halogens is 1. The first kappa shape index (κ1) is 14.1. The monoisotopic (exact) mass is 274 g/mol. The molecule has 0 bridgehead atoms. The molecule has 0 saturated carbocycles. The van der Waals surface area contributed by atoms with Crippen LogP contribution >= 0.6 is 0 Å². The lowest BCUT2D eigenvalue weighted by Crippen LogP contribution is -2.05. The first-order valence-corrected chi connectivity index (χ1v) is 6.24. The number of hydrogen-bond donors (Lipinski definition) is 1. The van der Waals surface area contributed by atoms with E-state index in [9.17, 15) is 9.18 Å². The van der Waals surface area contributed by atoms with Crippen molar-refractivity contribution in [1.29, 1.82) is 0 Å². The predicted octanol–water partition coefficient (Wildman–Crippen LogP) is 3.34. The zero-order valence-corrected chi connectivity index (χ0v) is 11.1. The molecule has 2 rings (SSSR count). The number of rotatable bonds is 5. The van der Waals surface area contributed by atoms with Gasteiger partial charge < -0.3 is 9.84 Å². The van der Waals surface area contributed by atoms with Gasteiger partial charge in [0.25, 0.3) is 0 Å². The van der Waals surface area contributed by atoms with Crippen molar-refractivity contribution in [3.8, 4) is 5.75 Å². The van der Waals surface area contributed by atoms with E-state index >= 15 is 0 Å². The van der Waals surface area contributed by atoms with Gasteiger partial charge in [-0.1, -0.05) is 24.3 Å². The SMILES string of the molecule is Cc1ccc(F)cc1COc1ccccc1CC(=O)O. The molecule has 0 aromatic heterocycles. The van der Waals surface area contributed by atoms with Gasteiger partial charge in [-0.15, -0.1) is 0 Å². The van der Waals surface area contributed by atoms with E-state index in [4.69, 9.17) is 9.84 Å². The number of ether oxygens (including phenoxy) is 1. The zero-order chi connectivity index (χ0) is 14.5. The van der Waals surface area contributed by atoms with E-state index in [-0.39, 0.29) is 18.8 Å². The third-order valence-corrected chi connectivity index (χ3v) is 3.01. The normalized spacial score (nSPS) is 10.3. The van der Waals surface area contributed by atoms with E-state index in [1.54, 1.807) is 30.3 Å². The Morgan fingerprint density at radius 1 is 1.20 bits per heavy atom. The molecule has 2 aromatic carbocycles. The number of benzene rings is 2. The maximum absolute atomic E-state index is 13.2. The fourth-order valence-corrected chi connectivity index (χ4v) is 1.90. The van der Waals surface area contributed by atoms with Gasteiger partial charge in [0.15, 0.2) is 0 Å². The highest BCUT2D eigenvalue weighted by molar-refractivity contribution is 5.71. The van der Waals surface area contributed by atoms with Gasteiger partial charge in [-0.05, 0) is 36.2 Å². The van der Waals surface area contributed by atoms with E-state index in [1.165, 1.54) is 12.1 Å². The predicted molar refractivity (Wildman–Crippen MR) is 73.3 cm³/mol. The van der Waals surface area contributed by atoms with Crippen molar-refractivity contribution >= 4 is 5.97 Å². The Balaban J connectivity index is 2.14. The third kappa shape index (κ3) is 3.57. The summed E-state index contributed by atoms with van der Waals surface area (Å²) < 4.78 is 18.8. The van der Waals surface area contributed by atoms with Crippen LogP contribution in [0.1, 0.15) is 16.7 Å². The summed E-state index contributed by atoms with van der Waals surface area (Å²) in [4.78, 5) is 10.8. The number of carboxylic acids is 1. The van der Waals surface area contributed by atoms with Crippen LogP contribution < -0.4 is 4.74 Å². The number of aliphatic carboxylic acids is 1. The molecule has 0 unspecified atom stereocenters. The average molecular weight is 274 g/mol. The molecule has 0 saturated heterocycles. The van der Waals surface area contributed by atoms with Crippen molar-refractivity contribution in [3.63, 3.8) is 0 Å². The largest absolute Gasteiger partial charge is 0.489 e. The highest BCUT2D eigenvalue weighted by Gasteiger charge is 2.08. The van der Waals surface area contributed by atoms with E-state index in [0.717, 1.165) is 11.1 Å². The topological polar surface area (TPSA) is 46.5 Å². The zero-order valence-electron chi connectivity index (χ0n) is 11.1. The van der Waals surface area contributed by atoms with Crippen LogP contribution in [0.5, 0.6) is 5.75 Å². The van der Waals surface area contributed by atoms with Gasteiger partial charge in [-0.3, -0.25) is 4.79 Å². The molecule has 0 atom stereocenters. The van der Waals surface area contributed by atoms with Gasteiger partial charge in [0.05, 0.1) is 6.42 Å². The second kappa shape index (κ2) is 6.19. The molecule has 0 radical (unpaired) electrons. The van der Waals surface area contributed by atoms with Crippen molar-refractivity contribution < 1.29 is 19.0 Å². The molecule has 1 N–H and O–H groups in total. The van der Waals surface area contributed by atoms with Gasteiger partial charge in [0, 0.05) is 5.56 Å². The molecule has 0 spiro atoms. The molecule has 0 aliphatic carbocycles. The van der Waals surface area contributed by atoms with Gasteiger partial charge in [0.2, 0.25) is 0 Å². The minimum absolute atomic E-state index is 0.0989. The van der Waals surface area contributed by atoms with Gasteiger partial charge in [0.1, 0.15) is 18.2 Å². The smallest absolute Gasteiger partial charge is 0.307 e. The Labute approximate surface area is 116 Å². The number of carbonyl (C=O) groups is 1. The number of para-hydroxylation sites is 1. The number of hydrogen-bond acceptors (Lipinski definition) is 2. The summed E-state index contributed by atoms with van der Waals surface area (Å²) in [7, 11) is 0. The summed E-state index contributed by atoms with van der Waals surface area (Å²) in [5.74, 6) is -0.713. The molecule has 0 fully saturated rings. The molecule has 0 aliphatic heterocycles. The molecule has 0 aliphatic rings. The summed E-state index contributed by atoms with van der Waals surface area (Å²) in [5, 5.41) is 8.85. The fourth-order valence-electron chi connectivity index (χ4n) is 1.90. The summed E-state index contributed by atoms with van der Waals surface area (Å²) >= 11 is 0. The minimum atomic E-state index is -0.914. The maximum Gasteiger partial charge on any atom is 0.307 e. The number of aryl methyl sites for hydroxylation is 1. The maximum atomic E-state index is 13.2. The van der Waals surface area contributed by atoms with Gasteiger partial charge >= 0.3 is 5.97 Å². The van der Waals surface area contributed by atoms with Crippen molar-refractivity contribution in [3.05, 3.63) is 65.0 Å². The highest BCUT2D eigenvalue weighted by Crippen LogP contribution is 2.21. The molecule has 20 heavy (non-hydrogen) atoms. The van der Waals surface area contributed by atoms with E-state index in [1.807, 2.05) is 6.92 Å². The Kier molecular flexibility index (Phi) is 4.35. The van der Waals surface area contributed by atoms with Gasteiger partial charge in [-0.2, -0.15) is 0 Å². The first-order chi connectivity index (χ1) is 9.56. The van der Waals surface area contributed by atoms with Crippen molar-refractivity contribution in [2.75, 3.05) is 0 Å². The number of carboxylic acid groups (broad SMARTS) is 1. The van der Waals surface area contributed by atoms with E-state index < -0.39 is 5.97 Å². The Morgan fingerprint density at radius 2 is 1.95 bits per heavy atom. The van der Waals surface area contributed by atoms with E-state index in [0.29, 0.717) is 11.3 Å². The lowest BCUT2D eigenvalue weighted by Gasteiger charge is -2.12. The first-order valence-electron chi connectivity index (χ1n) is 6.24. The Morgan fingerprint density at radius 3 is 2.70 bits per heavy atom. The molecule has 104 valence electrons. The quantitative estimate of drug-likeness (QED) is 0.909. The molecular formula is C16H15FO3. The lowest BCUT2D eigenvalue weighted by atomic mass is 10.1. The lowest BCUT2D eigenvalue weighted by molar-refractivity contribution is -0.136. The van der Waals surface area contributed by atoms with Crippen LogP contribution in [0.3, 0.4) is 0 Å². The molecule has 0 amide bonds. The van der Waals surface area contributed by atoms with Gasteiger partial charge in [-0.25, -0.2) is 4.39 Å². The Bertz CT molecular complexity index is 623.